The van der Waals surface area contributed by atoms with Gasteiger partial charge in [0.15, 0.2) is 16.9 Å². The van der Waals surface area contributed by atoms with Gasteiger partial charge in [-0.1, -0.05) is 56.3 Å². The number of ketones is 1. The first kappa shape index (κ1) is 27.3. The summed E-state index contributed by atoms with van der Waals surface area (Å²) in [5, 5.41) is -0.107. The smallest absolute Gasteiger partial charge is 0.337 e. The number of cyclic esters (lactones) is 1. The van der Waals surface area contributed by atoms with E-state index in [1.165, 1.54) is 12.3 Å². The molecule has 38 heavy (non-hydrogen) atoms. The summed E-state index contributed by atoms with van der Waals surface area (Å²) in [7, 11) is -3.90. The van der Waals surface area contributed by atoms with Crippen molar-refractivity contribution in [3.05, 3.63) is 84.6 Å². The van der Waals surface area contributed by atoms with E-state index in [0.29, 0.717) is 30.8 Å². The van der Waals surface area contributed by atoms with Gasteiger partial charge in [0, 0.05) is 24.8 Å². The van der Waals surface area contributed by atoms with E-state index in [1.54, 1.807) is 41.3 Å². The number of aromatic nitrogens is 1. The minimum atomic E-state index is -3.90. The van der Waals surface area contributed by atoms with E-state index in [-0.39, 0.29) is 23.1 Å². The number of rotatable bonds is 10. The lowest BCUT2D eigenvalue weighted by molar-refractivity contribution is -0.179. The third-order valence-electron chi connectivity index (χ3n) is 7.03. The number of carbonyl (C=O) groups is 2. The van der Waals surface area contributed by atoms with Crippen molar-refractivity contribution in [2.45, 2.75) is 56.7 Å². The van der Waals surface area contributed by atoms with Gasteiger partial charge in [-0.2, -0.15) is 8.42 Å². The maximum absolute atomic E-state index is 13.5. The fraction of sp³-hybridized carbons (Fsp3) is 0.345. The highest BCUT2D eigenvalue weighted by molar-refractivity contribution is 7.92. The van der Waals surface area contributed by atoms with Crippen LogP contribution >= 0.6 is 0 Å². The van der Waals surface area contributed by atoms with E-state index in [4.69, 9.17) is 4.74 Å². The summed E-state index contributed by atoms with van der Waals surface area (Å²) in [5.41, 5.74) is 1.08. The zero-order chi connectivity index (χ0) is 27.3. The summed E-state index contributed by atoms with van der Waals surface area (Å²) in [6.45, 7) is 6.13. The van der Waals surface area contributed by atoms with Crippen LogP contribution in [0, 0.1) is 5.92 Å². The molecule has 3 aromatic rings. The molecule has 1 fully saturated rings. The molecule has 1 saturated heterocycles. The Hall–Kier alpha value is -3.72. The highest BCUT2D eigenvalue weighted by Gasteiger charge is 2.50. The molecule has 0 amide bonds. The van der Waals surface area contributed by atoms with Crippen LogP contribution in [0.3, 0.4) is 0 Å². The molecule has 0 radical (unpaired) electrons. The van der Waals surface area contributed by atoms with Crippen molar-refractivity contribution in [2.75, 3.05) is 16.2 Å². The summed E-state index contributed by atoms with van der Waals surface area (Å²) in [6.07, 6.45) is 2.77. The first-order valence-electron chi connectivity index (χ1n) is 12.8. The number of carbonyl (C=O) groups excluding carboxylic acids is 2. The molecule has 0 bridgehead atoms. The number of nitrogens with zero attached hydrogens (tertiary/aromatic N) is 2. The molecule has 2 aromatic carbocycles. The van der Waals surface area contributed by atoms with Gasteiger partial charge in [-0.3, -0.25) is 9.52 Å². The van der Waals surface area contributed by atoms with Crippen LogP contribution in [-0.4, -0.2) is 43.3 Å². The average Bonchev–Trinajstić information content (AvgIpc) is 2.90. The van der Waals surface area contributed by atoms with Crippen molar-refractivity contribution in [1.29, 1.82) is 0 Å². The van der Waals surface area contributed by atoms with Crippen LogP contribution in [0.5, 0.6) is 0 Å². The molecular formula is C29H33N3O5S. The second-order valence-electron chi connectivity index (χ2n) is 9.78. The molecule has 2 atom stereocenters. The number of Topliss-reactive ketones (excluding diaryl/α,β-unsaturated/α-hetero) is 1. The summed E-state index contributed by atoms with van der Waals surface area (Å²) >= 11 is 0. The first-order chi connectivity index (χ1) is 18.1. The van der Waals surface area contributed by atoms with Crippen LogP contribution in [0.25, 0.3) is 0 Å². The van der Waals surface area contributed by atoms with Gasteiger partial charge in [-0.15, -0.1) is 0 Å². The van der Waals surface area contributed by atoms with Crippen molar-refractivity contribution < 1.29 is 22.7 Å². The maximum Gasteiger partial charge on any atom is 0.337 e. The molecule has 1 aliphatic rings. The van der Waals surface area contributed by atoms with Crippen LogP contribution in [0.1, 0.15) is 39.2 Å². The molecule has 2 heterocycles. The maximum atomic E-state index is 13.5. The van der Waals surface area contributed by atoms with Crippen molar-refractivity contribution in [2.24, 2.45) is 5.92 Å². The second kappa shape index (κ2) is 11.3. The molecule has 2 unspecified atom stereocenters. The average molecular weight is 536 g/mol. The molecule has 9 heteroatoms. The van der Waals surface area contributed by atoms with E-state index in [1.807, 2.05) is 51.1 Å². The van der Waals surface area contributed by atoms with Gasteiger partial charge in [0.1, 0.15) is 5.60 Å². The molecule has 0 aliphatic carbocycles. The number of hydrogen-bond donors (Lipinski definition) is 1. The van der Waals surface area contributed by atoms with Crippen LogP contribution < -0.4 is 9.62 Å². The third-order valence-corrected chi connectivity index (χ3v) is 8.33. The minimum Gasteiger partial charge on any atom is -0.456 e. The molecule has 8 nitrogen and oxygen atoms in total. The monoisotopic (exact) mass is 535 g/mol. The number of hydrogen-bond acceptors (Lipinski definition) is 7. The second-order valence-corrected chi connectivity index (χ2v) is 11.4. The number of esters is 1. The summed E-state index contributed by atoms with van der Waals surface area (Å²) in [6, 6.07) is 20.1. The largest absolute Gasteiger partial charge is 0.456 e. The molecule has 1 aromatic heterocycles. The van der Waals surface area contributed by atoms with Gasteiger partial charge in [-0.05, 0) is 61.6 Å². The Morgan fingerprint density at radius 2 is 1.79 bits per heavy atom. The molecule has 1 N–H and O–H groups in total. The van der Waals surface area contributed by atoms with E-state index in [0.717, 1.165) is 5.56 Å². The van der Waals surface area contributed by atoms with E-state index >= 15 is 0 Å². The number of benzene rings is 2. The minimum absolute atomic E-state index is 0.0422. The first-order valence-corrected chi connectivity index (χ1v) is 14.2. The molecule has 0 saturated carbocycles. The van der Waals surface area contributed by atoms with Crippen molar-refractivity contribution >= 4 is 33.2 Å². The predicted octanol–water partition coefficient (Wildman–Crippen LogP) is 4.62. The number of likely N-dealkylation sites (N-methyl/N-ethyl adjacent to an activating group) is 1. The van der Waals surface area contributed by atoms with Crippen LogP contribution in [0.15, 0.2) is 84.0 Å². The van der Waals surface area contributed by atoms with E-state index in [2.05, 4.69) is 9.71 Å². The molecule has 200 valence electrons. The van der Waals surface area contributed by atoms with Crippen LogP contribution in [-0.2, 0) is 30.8 Å². The van der Waals surface area contributed by atoms with Gasteiger partial charge in [0.25, 0.3) is 10.0 Å². The summed E-state index contributed by atoms with van der Waals surface area (Å²) in [4.78, 5) is 32.5. The van der Waals surface area contributed by atoms with Crippen LogP contribution in [0.2, 0.25) is 0 Å². The SMILES string of the molecule is CCN(c1cccc(NS(=O)(=O)c2ccccn2)c1)C1C(=O)CC(CCc2ccccc2)(C(C)C)OC1=O. The zero-order valence-corrected chi connectivity index (χ0v) is 22.6. The van der Waals surface area contributed by atoms with Crippen LogP contribution in [0.4, 0.5) is 11.4 Å². The predicted molar refractivity (Wildman–Crippen MR) is 146 cm³/mol. The van der Waals surface area contributed by atoms with E-state index < -0.39 is 27.6 Å². The number of sulfonamides is 1. The number of pyridine rings is 1. The standard InChI is InChI=1S/C29H33N3O5S/c1-4-32(24-14-10-13-23(19-24)31-38(35,36)26-15-8-9-18-30-26)27-25(33)20-29(21(2)3,37-28(27)34)17-16-22-11-6-5-7-12-22/h5-15,18-19,21,27,31H,4,16-17,20H2,1-3H3. The van der Waals surface area contributed by atoms with Gasteiger partial charge >= 0.3 is 5.97 Å². The van der Waals surface area contributed by atoms with Crippen molar-refractivity contribution in [1.82, 2.24) is 4.98 Å². The van der Waals surface area contributed by atoms with Gasteiger partial charge in [-0.25, -0.2) is 9.78 Å². The van der Waals surface area contributed by atoms with Gasteiger partial charge in [0.2, 0.25) is 0 Å². The number of anilines is 2. The van der Waals surface area contributed by atoms with Crippen molar-refractivity contribution in [3.8, 4) is 0 Å². The summed E-state index contributed by atoms with van der Waals surface area (Å²) in [5.74, 6) is -0.826. The lowest BCUT2D eigenvalue weighted by Crippen LogP contribution is -2.59. The van der Waals surface area contributed by atoms with E-state index in [9.17, 15) is 18.0 Å². The normalized spacial score (nSPS) is 19.7. The zero-order valence-electron chi connectivity index (χ0n) is 21.8. The topological polar surface area (TPSA) is 106 Å². The van der Waals surface area contributed by atoms with Gasteiger partial charge < -0.3 is 9.64 Å². The highest BCUT2D eigenvalue weighted by Crippen LogP contribution is 2.38. The summed E-state index contributed by atoms with van der Waals surface area (Å²) < 4.78 is 34.1. The Morgan fingerprint density at radius 3 is 2.42 bits per heavy atom. The Morgan fingerprint density at radius 1 is 1.05 bits per heavy atom. The number of ether oxygens (including phenoxy) is 1. The number of aryl methyl sites for hydroxylation is 1. The Bertz CT molecular complexity index is 1360. The highest BCUT2D eigenvalue weighted by atomic mass is 32.2. The molecular weight excluding hydrogens is 502 g/mol. The quantitative estimate of drug-likeness (QED) is 0.298. The Kier molecular flexibility index (Phi) is 8.16. The number of nitrogens with one attached hydrogen (secondary N) is 1. The van der Waals surface area contributed by atoms with Crippen molar-refractivity contribution in [3.63, 3.8) is 0 Å². The fourth-order valence-electron chi connectivity index (χ4n) is 4.84. The lowest BCUT2D eigenvalue weighted by Gasteiger charge is -2.44. The Balaban J connectivity index is 1.54. The molecule has 4 rings (SSSR count). The lowest BCUT2D eigenvalue weighted by atomic mass is 9.77. The molecule has 1 aliphatic heterocycles. The third kappa shape index (κ3) is 5.88. The Labute approximate surface area is 224 Å². The fourth-order valence-corrected chi connectivity index (χ4v) is 5.84. The molecule has 0 spiro atoms. The van der Waals surface area contributed by atoms with Gasteiger partial charge in [0.05, 0.1) is 5.69 Å².